The third kappa shape index (κ3) is 12.4. The van der Waals surface area contributed by atoms with Gasteiger partial charge in [0.05, 0.1) is 26.2 Å². The van der Waals surface area contributed by atoms with E-state index in [0.29, 0.717) is 13.2 Å². The first-order valence-corrected chi connectivity index (χ1v) is 13.8. The van der Waals surface area contributed by atoms with Crippen LogP contribution in [0.2, 0.25) is 0 Å². The molecule has 1 aliphatic rings. The fraction of sp³-hybridized carbons (Fsp3) is 0.700. The van der Waals surface area contributed by atoms with Crippen LogP contribution in [0.1, 0.15) is 103 Å². The molecule has 0 radical (unpaired) electrons. The lowest BCUT2D eigenvalue weighted by Gasteiger charge is -2.40. The van der Waals surface area contributed by atoms with Crippen LogP contribution >= 0.6 is 0 Å². The standard InChI is InChI=1S/C30H50NO2/c1-3-4-5-6-7-8-9-10-11-18-25-33-30(32)27-31(22-16-13-17-23-31)24-21-28(2)26-29-19-14-12-15-20-29/h12,14-15,19-21H,3-11,13,16-18,22-27H2,1-2H3/q+1/b28-21-. The fourth-order valence-electron chi connectivity index (χ4n) is 5.02. The molecule has 1 aromatic rings. The first kappa shape index (κ1) is 27.6. The van der Waals surface area contributed by atoms with Crippen LogP contribution in [0.15, 0.2) is 42.0 Å². The van der Waals surface area contributed by atoms with Crippen LogP contribution in [0.5, 0.6) is 0 Å². The number of hydrogen-bond donors (Lipinski definition) is 0. The molecule has 33 heavy (non-hydrogen) atoms. The van der Waals surface area contributed by atoms with E-state index in [-0.39, 0.29) is 5.97 Å². The zero-order chi connectivity index (χ0) is 23.6. The quantitative estimate of drug-likeness (QED) is 0.104. The van der Waals surface area contributed by atoms with Gasteiger partial charge in [-0.05, 0) is 50.7 Å². The molecule has 0 bridgehead atoms. The van der Waals surface area contributed by atoms with E-state index in [1.807, 2.05) is 0 Å². The van der Waals surface area contributed by atoms with Crippen LogP contribution in [0, 0.1) is 0 Å². The van der Waals surface area contributed by atoms with Crippen molar-refractivity contribution in [1.29, 1.82) is 0 Å². The van der Waals surface area contributed by atoms with E-state index < -0.39 is 0 Å². The van der Waals surface area contributed by atoms with E-state index in [4.69, 9.17) is 4.74 Å². The maximum Gasteiger partial charge on any atom is 0.361 e. The maximum absolute atomic E-state index is 12.7. The average molecular weight is 457 g/mol. The maximum atomic E-state index is 12.7. The van der Waals surface area contributed by atoms with Crippen molar-refractivity contribution in [2.45, 2.75) is 104 Å². The van der Waals surface area contributed by atoms with Crippen molar-refractivity contribution >= 4 is 5.97 Å². The third-order valence-corrected chi connectivity index (χ3v) is 7.14. The normalized spacial score (nSPS) is 16.0. The van der Waals surface area contributed by atoms with E-state index in [9.17, 15) is 4.79 Å². The molecule has 186 valence electrons. The molecular weight excluding hydrogens is 406 g/mol. The molecule has 0 unspecified atom stereocenters. The summed E-state index contributed by atoms with van der Waals surface area (Å²) in [6.07, 6.45) is 20.1. The van der Waals surface area contributed by atoms with Crippen molar-refractivity contribution in [3.63, 3.8) is 0 Å². The second-order valence-electron chi connectivity index (χ2n) is 10.3. The topological polar surface area (TPSA) is 26.3 Å². The van der Waals surface area contributed by atoms with E-state index in [1.165, 1.54) is 88.2 Å². The summed E-state index contributed by atoms with van der Waals surface area (Å²) in [5.74, 6) is 0.00179. The zero-order valence-corrected chi connectivity index (χ0v) is 21.7. The average Bonchev–Trinajstić information content (AvgIpc) is 2.82. The number of quaternary nitrogens is 1. The lowest BCUT2D eigenvalue weighted by atomic mass is 10.0. The Balaban J connectivity index is 1.65. The Labute approximate surface area is 204 Å². The van der Waals surface area contributed by atoms with Gasteiger partial charge in [0, 0.05) is 0 Å². The minimum Gasteiger partial charge on any atom is -0.462 e. The third-order valence-electron chi connectivity index (χ3n) is 7.14. The zero-order valence-electron chi connectivity index (χ0n) is 21.7. The van der Waals surface area contributed by atoms with Gasteiger partial charge in [-0.25, -0.2) is 4.79 Å². The molecule has 1 heterocycles. The monoisotopic (exact) mass is 456 g/mol. The molecule has 0 spiro atoms. The number of rotatable bonds is 17. The SMILES string of the molecule is CCCCCCCCCCCCOC(=O)C[N+]1(C/C=C(/C)Cc2ccccc2)CCCCC1. The number of ether oxygens (including phenoxy) is 1. The number of unbranched alkanes of at least 4 members (excludes halogenated alkanes) is 9. The van der Waals surface area contributed by atoms with Gasteiger partial charge in [0.1, 0.15) is 0 Å². The number of carbonyl (C=O) groups excluding carboxylic acids is 1. The number of esters is 1. The van der Waals surface area contributed by atoms with Crippen molar-refractivity contribution in [2.24, 2.45) is 0 Å². The Morgan fingerprint density at radius 3 is 2.12 bits per heavy atom. The minimum atomic E-state index is 0.00179. The number of hydrogen-bond acceptors (Lipinski definition) is 2. The molecule has 1 aromatic carbocycles. The summed E-state index contributed by atoms with van der Waals surface area (Å²) in [6.45, 7) is 8.77. The van der Waals surface area contributed by atoms with Gasteiger partial charge in [-0.15, -0.1) is 0 Å². The first-order chi connectivity index (χ1) is 16.1. The second kappa shape index (κ2) is 16.9. The molecule has 0 aromatic heterocycles. The van der Waals surface area contributed by atoms with Crippen LogP contribution in [0.4, 0.5) is 0 Å². The molecule has 3 nitrogen and oxygen atoms in total. The highest BCUT2D eigenvalue weighted by Crippen LogP contribution is 2.20. The van der Waals surface area contributed by atoms with Crippen LogP contribution in [-0.2, 0) is 16.0 Å². The van der Waals surface area contributed by atoms with Gasteiger partial charge in [0.2, 0.25) is 0 Å². The molecule has 0 N–H and O–H groups in total. The van der Waals surface area contributed by atoms with E-state index in [2.05, 4.69) is 50.3 Å². The lowest BCUT2D eigenvalue weighted by molar-refractivity contribution is -0.920. The highest BCUT2D eigenvalue weighted by molar-refractivity contribution is 5.70. The minimum absolute atomic E-state index is 0.00179. The van der Waals surface area contributed by atoms with Crippen molar-refractivity contribution in [2.75, 3.05) is 32.8 Å². The summed E-state index contributed by atoms with van der Waals surface area (Å²) < 4.78 is 6.55. The van der Waals surface area contributed by atoms with Gasteiger partial charge in [0.25, 0.3) is 0 Å². The predicted octanol–water partition coefficient (Wildman–Crippen LogP) is 7.64. The summed E-state index contributed by atoms with van der Waals surface area (Å²) in [5, 5.41) is 0. The lowest BCUT2D eigenvalue weighted by Crippen LogP contribution is -2.54. The summed E-state index contributed by atoms with van der Waals surface area (Å²) in [6, 6.07) is 10.6. The predicted molar refractivity (Wildman–Crippen MR) is 140 cm³/mol. The van der Waals surface area contributed by atoms with Crippen LogP contribution in [0.25, 0.3) is 0 Å². The molecule has 0 atom stereocenters. The van der Waals surface area contributed by atoms with Crippen molar-refractivity contribution in [3.8, 4) is 0 Å². The van der Waals surface area contributed by atoms with Gasteiger partial charge < -0.3 is 9.22 Å². The van der Waals surface area contributed by atoms with Crippen LogP contribution < -0.4 is 0 Å². The highest BCUT2D eigenvalue weighted by Gasteiger charge is 2.32. The van der Waals surface area contributed by atoms with Crippen LogP contribution in [-0.4, -0.2) is 43.2 Å². The molecule has 0 aliphatic carbocycles. The number of nitrogens with zero attached hydrogens (tertiary/aromatic N) is 1. The Kier molecular flexibility index (Phi) is 14.2. The summed E-state index contributed by atoms with van der Waals surface area (Å²) in [7, 11) is 0. The van der Waals surface area contributed by atoms with Crippen LogP contribution in [0.3, 0.4) is 0 Å². The first-order valence-electron chi connectivity index (χ1n) is 13.8. The van der Waals surface area contributed by atoms with Crippen molar-refractivity contribution in [3.05, 3.63) is 47.5 Å². The molecule has 0 amide bonds. The Morgan fingerprint density at radius 1 is 0.879 bits per heavy atom. The molecule has 0 saturated carbocycles. The number of carbonyl (C=O) groups is 1. The van der Waals surface area contributed by atoms with Crippen molar-refractivity contribution in [1.82, 2.24) is 0 Å². The Hall–Kier alpha value is -1.61. The van der Waals surface area contributed by atoms with E-state index in [0.717, 1.165) is 37.0 Å². The molecule has 1 fully saturated rings. The highest BCUT2D eigenvalue weighted by atomic mass is 16.5. The number of allylic oxidation sites excluding steroid dienone is 1. The van der Waals surface area contributed by atoms with Crippen molar-refractivity contribution < 1.29 is 14.0 Å². The van der Waals surface area contributed by atoms with Gasteiger partial charge >= 0.3 is 5.97 Å². The molecule has 3 heteroatoms. The number of benzene rings is 1. The molecule has 1 saturated heterocycles. The summed E-state index contributed by atoms with van der Waals surface area (Å²) in [4.78, 5) is 12.7. The molecule has 1 aliphatic heterocycles. The molecular formula is C30H50NO2+. The van der Waals surface area contributed by atoms with Gasteiger partial charge in [-0.2, -0.15) is 0 Å². The van der Waals surface area contributed by atoms with E-state index >= 15 is 0 Å². The second-order valence-corrected chi connectivity index (χ2v) is 10.3. The summed E-state index contributed by atoms with van der Waals surface area (Å²) in [5.41, 5.74) is 2.75. The van der Waals surface area contributed by atoms with Gasteiger partial charge in [-0.3, -0.25) is 0 Å². The number of likely N-dealkylation sites (tertiary alicyclic amines) is 1. The van der Waals surface area contributed by atoms with Gasteiger partial charge in [0.15, 0.2) is 6.54 Å². The summed E-state index contributed by atoms with van der Waals surface area (Å²) >= 11 is 0. The Bertz CT molecular complexity index is 661. The largest absolute Gasteiger partial charge is 0.462 e. The van der Waals surface area contributed by atoms with Gasteiger partial charge in [-0.1, -0.05) is 101 Å². The number of piperidine rings is 1. The Morgan fingerprint density at radius 2 is 1.48 bits per heavy atom. The van der Waals surface area contributed by atoms with E-state index in [1.54, 1.807) is 0 Å². The fourth-order valence-corrected chi connectivity index (χ4v) is 5.02. The smallest absolute Gasteiger partial charge is 0.361 e. The molecule has 2 rings (SSSR count).